The summed E-state index contributed by atoms with van der Waals surface area (Å²) in [6, 6.07) is 0. The Kier molecular flexibility index (Phi) is 9.56. The Morgan fingerprint density at radius 3 is 2.36 bits per heavy atom. The molecular formula is C14H21. The minimum Gasteiger partial charge on any atom is -0.102 e. The molecule has 0 aromatic rings. The van der Waals surface area contributed by atoms with Crippen LogP contribution >= 0.6 is 0 Å². The summed E-state index contributed by atoms with van der Waals surface area (Å²) < 4.78 is 0. The van der Waals surface area contributed by atoms with Crippen LogP contribution in [0.2, 0.25) is 0 Å². The third-order valence-corrected chi connectivity index (χ3v) is 1.99. The summed E-state index contributed by atoms with van der Waals surface area (Å²) in [6.07, 6.45) is 6.51. The maximum Gasteiger partial charge on any atom is 0.0808 e. The maximum atomic E-state index is 3.69. The predicted octanol–water partition coefficient (Wildman–Crippen LogP) is 3.82. The fraction of sp³-hybridized carbons (Fsp3) is 0.643. The van der Waals surface area contributed by atoms with Crippen LogP contribution in [0.25, 0.3) is 0 Å². The highest BCUT2D eigenvalue weighted by Crippen LogP contribution is 2.00. The first kappa shape index (κ1) is 13.1. The largest absolute Gasteiger partial charge is 0.102 e. The summed E-state index contributed by atoms with van der Waals surface area (Å²) in [5.74, 6) is 12.8. The second-order valence-electron chi connectivity index (χ2n) is 3.31. The molecule has 0 N–H and O–H groups in total. The lowest BCUT2D eigenvalue weighted by atomic mass is 10.1. The van der Waals surface area contributed by atoms with Crippen molar-refractivity contribution < 1.29 is 0 Å². The van der Waals surface area contributed by atoms with Gasteiger partial charge in [0.05, 0.1) is 5.92 Å². The first-order chi connectivity index (χ1) is 6.85. The molecular weight excluding hydrogens is 168 g/mol. The molecule has 0 spiro atoms. The van der Waals surface area contributed by atoms with E-state index in [1.807, 2.05) is 0 Å². The van der Waals surface area contributed by atoms with E-state index in [1.165, 1.54) is 19.3 Å². The number of unbranched alkanes of at least 4 members (excludes halogenated alkanes) is 3. The Bertz CT molecular complexity index is 228. The zero-order valence-corrected chi connectivity index (χ0v) is 9.53. The predicted molar refractivity (Wildman–Crippen MR) is 63.4 cm³/mol. The van der Waals surface area contributed by atoms with Gasteiger partial charge in [0.15, 0.2) is 0 Å². The molecule has 0 heterocycles. The van der Waals surface area contributed by atoms with Crippen LogP contribution in [0.15, 0.2) is 0 Å². The van der Waals surface area contributed by atoms with Gasteiger partial charge < -0.3 is 0 Å². The van der Waals surface area contributed by atoms with Gasteiger partial charge >= 0.3 is 0 Å². The Hall–Kier alpha value is -0.880. The molecule has 0 aliphatic rings. The number of hydrogen-bond acceptors (Lipinski definition) is 0. The van der Waals surface area contributed by atoms with Gasteiger partial charge in [0.1, 0.15) is 0 Å². The Morgan fingerprint density at radius 2 is 1.79 bits per heavy atom. The van der Waals surface area contributed by atoms with E-state index in [-0.39, 0.29) is 5.92 Å². The third-order valence-electron chi connectivity index (χ3n) is 1.99. The number of rotatable bonds is 4. The molecule has 0 aromatic carbocycles. The van der Waals surface area contributed by atoms with E-state index in [2.05, 4.69) is 44.5 Å². The van der Waals surface area contributed by atoms with Crippen molar-refractivity contribution in [2.45, 2.75) is 52.4 Å². The average molecular weight is 189 g/mol. The van der Waals surface area contributed by atoms with E-state index < -0.39 is 0 Å². The molecule has 0 saturated heterocycles. The third kappa shape index (κ3) is 7.75. The topological polar surface area (TPSA) is 0 Å². The van der Waals surface area contributed by atoms with Crippen LogP contribution < -0.4 is 0 Å². The van der Waals surface area contributed by atoms with Gasteiger partial charge in [0, 0.05) is 12.8 Å². The van der Waals surface area contributed by atoms with Gasteiger partial charge in [-0.05, 0) is 19.8 Å². The zero-order chi connectivity index (χ0) is 10.6. The van der Waals surface area contributed by atoms with Crippen LogP contribution in [0.1, 0.15) is 52.4 Å². The van der Waals surface area contributed by atoms with Crippen molar-refractivity contribution in [2.75, 3.05) is 0 Å². The summed E-state index contributed by atoms with van der Waals surface area (Å²) in [6.45, 7) is 8.03. The molecule has 14 heavy (non-hydrogen) atoms. The summed E-state index contributed by atoms with van der Waals surface area (Å²) >= 11 is 0. The van der Waals surface area contributed by atoms with Gasteiger partial charge in [-0.3, -0.25) is 0 Å². The van der Waals surface area contributed by atoms with Crippen LogP contribution in [-0.4, -0.2) is 0 Å². The molecule has 1 radical (unpaired) electrons. The van der Waals surface area contributed by atoms with Gasteiger partial charge in [0.25, 0.3) is 0 Å². The molecule has 0 amide bonds. The molecule has 1 unspecified atom stereocenters. The van der Waals surface area contributed by atoms with E-state index in [0.29, 0.717) is 6.42 Å². The van der Waals surface area contributed by atoms with Crippen LogP contribution in [0.5, 0.6) is 0 Å². The summed E-state index contributed by atoms with van der Waals surface area (Å²) in [4.78, 5) is 0. The molecule has 0 rings (SSSR count). The van der Waals surface area contributed by atoms with E-state index in [0.717, 1.165) is 12.8 Å². The SMILES string of the molecule is [CH2]CC#CC(C#CCCCCC)CC. The highest BCUT2D eigenvalue weighted by molar-refractivity contribution is 5.17. The average Bonchev–Trinajstić information content (AvgIpc) is 2.22. The lowest BCUT2D eigenvalue weighted by molar-refractivity contribution is 0.735. The summed E-state index contributed by atoms with van der Waals surface area (Å²) in [5, 5.41) is 0. The molecule has 0 aromatic heterocycles. The van der Waals surface area contributed by atoms with Crippen molar-refractivity contribution >= 4 is 0 Å². The summed E-state index contributed by atoms with van der Waals surface area (Å²) in [5.41, 5.74) is 0. The number of hydrogen-bond donors (Lipinski definition) is 0. The van der Waals surface area contributed by atoms with Crippen LogP contribution in [0.3, 0.4) is 0 Å². The quantitative estimate of drug-likeness (QED) is 0.466. The monoisotopic (exact) mass is 189 g/mol. The lowest BCUT2D eigenvalue weighted by Gasteiger charge is -1.95. The molecule has 1 atom stereocenters. The minimum absolute atomic E-state index is 0.262. The van der Waals surface area contributed by atoms with E-state index >= 15 is 0 Å². The van der Waals surface area contributed by atoms with Crippen molar-refractivity contribution in [3.8, 4) is 23.7 Å². The van der Waals surface area contributed by atoms with E-state index in [1.54, 1.807) is 0 Å². The van der Waals surface area contributed by atoms with Crippen molar-refractivity contribution in [3.63, 3.8) is 0 Å². The van der Waals surface area contributed by atoms with Gasteiger partial charge in [-0.25, -0.2) is 0 Å². The molecule has 0 aliphatic heterocycles. The molecule has 0 nitrogen and oxygen atoms in total. The molecule has 0 saturated carbocycles. The smallest absolute Gasteiger partial charge is 0.0808 e. The normalized spacial score (nSPS) is 10.8. The van der Waals surface area contributed by atoms with Gasteiger partial charge in [0.2, 0.25) is 0 Å². The molecule has 0 aliphatic carbocycles. The maximum absolute atomic E-state index is 3.69. The Labute approximate surface area is 89.5 Å². The van der Waals surface area contributed by atoms with E-state index in [9.17, 15) is 0 Å². The van der Waals surface area contributed by atoms with Gasteiger partial charge in [-0.1, -0.05) is 38.5 Å². The lowest BCUT2D eigenvalue weighted by Crippen LogP contribution is -1.89. The van der Waals surface area contributed by atoms with Crippen molar-refractivity contribution in [1.29, 1.82) is 0 Å². The van der Waals surface area contributed by atoms with Gasteiger partial charge in [-0.15, -0.1) is 11.8 Å². The van der Waals surface area contributed by atoms with E-state index in [4.69, 9.17) is 0 Å². The first-order valence-corrected chi connectivity index (χ1v) is 5.61. The standard InChI is InChI=1S/C14H21/c1-4-7-9-10-11-13-14(6-3)12-8-5-2/h14H,2,4-7,9-10H2,1,3H3. The highest BCUT2D eigenvalue weighted by atomic mass is 14.0. The zero-order valence-electron chi connectivity index (χ0n) is 9.53. The minimum atomic E-state index is 0.262. The van der Waals surface area contributed by atoms with Crippen molar-refractivity contribution in [3.05, 3.63) is 6.92 Å². The van der Waals surface area contributed by atoms with Crippen molar-refractivity contribution in [1.82, 2.24) is 0 Å². The first-order valence-electron chi connectivity index (χ1n) is 5.61. The fourth-order valence-electron chi connectivity index (χ4n) is 1.09. The fourth-order valence-corrected chi connectivity index (χ4v) is 1.09. The molecule has 0 bridgehead atoms. The second-order valence-corrected chi connectivity index (χ2v) is 3.31. The highest BCUT2D eigenvalue weighted by Gasteiger charge is 1.93. The second kappa shape index (κ2) is 10.2. The summed E-state index contributed by atoms with van der Waals surface area (Å²) in [7, 11) is 0. The van der Waals surface area contributed by atoms with Gasteiger partial charge in [-0.2, -0.15) is 0 Å². The van der Waals surface area contributed by atoms with Crippen molar-refractivity contribution in [2.24, 2.45) is 5.92 Å². The molecule has 0 fully saturated rings. The molecule has 0 heteroatoms. The Morgan fingerprint density at radius 1 is 1.07 bits per heavy atom. The van der Waals surface area contributed by atoms with Crippen LogP contribution in [-0.2, 0) is 0 Å². The Balaban J connectivity index is 3.78. The molecule has 77 valence electrons. The van der Waals surface area contributed by atoms with Crippen LogP contribution in [0.4, 0.5) is 0 Å². The van der Waals surface area contributed by atoms with Crippen LogP contribution in [0, 0.1) is 36.5 Å².